The van der Waals surface area contributed by atoms with Gasteiger partial charge in [0.15, 0.2) is 0 Å². The minimum absolute atomic E-state index is 0.0619. The molecule has 0 spiro atoms. The third-order valence-electron chi connectivity index (χ3n) is 3.49. The van der Waals surface area contributed by atoms with Crippen molar-refractivity contribution in [3.8, 4) is 0 Å². The average Bonchev–Trinajstić information content (AvgIpc) is 2.46. The van der Waals surface area contributed by atoms with Crippen molar-refractivity contribution in [2.45, 2.75) is 25.3 Å². The number of rotatable bonds is 6. The monoisotopic (exact) mass is 335 g/mol. The Morgan fingerprint density at radius 3 is 2.55 bits per heavy atom. The second-order valence-corrected chi connectivity index (χ2v) is 5.80. The zero-order chi connectivity index (χ0) is 14.4. The Balaban J connectivity index is 1.95. The summed E-state index contributed by atoms with van der Waals surface area (Å²) in [5.41, 5.74) is 2.07. The van der Waals surface area contributed by atoms with Gasteiger partial charge in [-0.25, -0.2) is 4.39 Å². The highest BCUT2D eigenvalue weighted by Crippen LogP contribution is 2.24. The maximum absolute atomic E-state index is 14.0. The Kier molecular flexibility index (Phi) is 5.74. The van der Waals surface area contributed by atoms with Gasteiger partial charge < -0.3 is 5.32 Å². The molecule has 0 heterocycles. The standard InChI is InChI=1S/C17H19BrFN/c1-20-17(15-11-10-14(18)12-16(15)19)9-5-8-13-6-3-2-4-7-13/h2-4,6-7,10-12,17,20H,5,8-9H2,1H3. The summed E-state index contributed by atoms with van der Waals surface area (Å²) in [6.07, 6.45) is 2.98. The first-order valence-corrected chi connectivity index (χ1v) is 7.66. The van der Waals surface area contributed by atoms with Crippen molar-refractivity contribution in [3.05, 3.63) is 69.9 Å². The summed E-state index contributed by atoms with van der Waals surface area (Å²) in [5.74, 6) is -0.154. The maximum atomic E-state index is 14.0. The van der Waals surface area contributed by atoms with Gasteiger partial charge in [-0.15, -0.1) is 0 Å². The SMILES string of the molecule is CNC(CCCc1ccccc1)c1ccc(Br)cc1F. The highest BCUT2D eigenvalue weighted by molar-refractivity contribution is 9.10. The molecule has 2 aromatic rings. The van der Waals surface area contributed by atoms with Gasteiger partial charge in [0.05, 0.1) is 0 Å². The van der Waals surface area contributed by atoms with Gasteiger partial charge in [0.1, 0.15) is 5.82 Å². The van der Waals surface area contributed by atoms with Gasteiger partial charge in [0.25, 0.3) is 0 Å². The van der Waals surface area contributed by atoms with Crippen LogP contribution in [0.5, 0.6) is 0 Å². The summed E-state index contributed by atoms with van der Waals surface area (Å²) in [4.78, 5) is 0. The summed E-state index contributed by atoms with van der Waals surface area (Å²) >= 11 is 3.29. The van der Waals surface area contributed by atoms with Crippen LogP contribution in [0, 0.1) is 5.82 Å². The van der Waals surface area contributed by atoms with Crippen molar-refractivity contribution in [2.75, 3.05) is 7.05 Å². The van der Waals surface area contributed by atoms with E-state index in [1.54, 1.807) is 0 Å². The molecule has 2 rings (SSSR count). The number of hydrogen-bond acceptors (Lipinski definition) is 1. The number of nitrogens with one attached hydrogen (secondary N) is 1. The predicted octanol–water partition coefficient (Wildman–Crippen LogP) is 4.87. The molecule has 3 heteroatoms. The second-order valence-electron chi connectivity index (χ2n) is 4.88. The molecular formula is C17H19BrFN. The topological polar surface area (TPSA) is 12.0 Å². The third-order valence-corrected chi connectivity index (χ3v) is 3.98. The predicted molar refractivity (Wildman–Crippen MR) is 85.3 cm³/mol. The summed E-state index contributed by atoms with van der Waals surface area (Å²) in [6.45, 7) is 0. The fourth-order valence-electron chi connectivity index (χ4n) is 2.39. The molecule has 1 unspecified atom stereocenters. The molecule has 0 radical (unpaired) electrons. The van der Waals surface area contributed by atoms with Gasteiger partial charge in [0.2, 0.25) is 0 Å². The Bertz CT molecular complexity index is 542. The highest BCUT2D eigenvalue weighted by Gasteiger charge is 2.13. The molecule has 0 amide bonds. The Morgan fingerprint density at radius 1 is 1.15 bits per heavy atom. The van der Waals surface area contributed by atoms with Gasteiger partial charge in [-0.2, -0.15) is 0 Å². The van der Waals surface area contributed by atoms with Gasteiger partial charge >= 0.3 is 0 Å². The van der Waals surface area contributed by atoms with Crippen LogP contribution in [0.2, 0.25) is 0 Å². The van der Waals surface area contributed by atoms with E-state index in [2.05, 4.69) is 45.5 Å². The molecule has 0 aliphatic carbocycles. The van der Waals surface area contributed by atoms with Crippen LogP contribution in [0.3, 0.4) is 0 Å². The first-order valence-electron chi connectivity index (χ1n) is 6.87. The van der Waals surface area contributed by atoms with E-state index in [-0.39, 0.29) is 11.9 Å². The quantitative estimate of drug-likeness (QED) is 0.793. The van der Waals surface area contributed by atoms with E-state index in [9.17, 15) is 4.39 Å². The minimum atomic E-state index is -0.154. The fourth-order valence-corrected chi connectivity index (χ4v) is 2.73. The molecule has 0 aromatic heterocycles. The normalized spacial score (nSPS) is 12.3. The second kappa shape index (κ2) is 7.55. The lowest BCUT2D eigenvalue weighted by Gasteiger charge is -2.17. The Morgan fingerprint density at radius 2 is 1.90 bits per heavy atom. The van der Waals surface area contributed by atoms with Gasteiger partial charge in [-0.3, -0.25) is 0 Å². The van der Waals surface area contributed by atoms with E-state index >= 15 is 0 Å². The molecule has 0 saturated heterocycles. The lowest BCUT2D eigenvalue weighted by molar-refractivity contribution is 0.494. The number of halogens is 2. The molecule has 0 bridgehead atoms. The van der Waals surface area contributed by atoms with E-state index in [1.165, 1.54) is 11.6 Å². The Hall–Kier alpha value is -1.19. The molecule has 1 N–H and O–H groups in total. The first-order chi connectivity index (χ1) is 9.70. The molecule has 1 atom stereocenters. The third kappa shape index (κ3) is 4.15. The van der Waals surface area contributed by atoms with Crippen molar-refractivity contribution < 1.29 is 4.39 Å². The van der Waals surface area contributed by atoms with E-state index in [4.69, 9.17) is 0 Å². The van der Waals surface area contributed by atoms with Crippen LogP contribution in [0.25, 0.3) is 0 Å². The molecular weight excluding hydrogens is 317 g/mol. The van der Waals surface area contributed by atoms with Crippen molar-refractivity contribution >= 4 is 15.9 Å². The fraction of sp³-hybridized carbons (Fsp3) is 0.294. The van der Waals surface area contributed by atoms with E-state index in [1.807, 2.05) is 25.2 Å². The number of aryl methyl sites for hydroxylation is 1. The Labute approximate surface area is 128 Å². The van der Waals surface area contributed by atoms with E-state index in [0.717, 1.165) is 29.3 Å². The molecule has 0 aliphatic rings. The number of benzene rings is 2. The van der Waals surface area contributed by atoms with Crippen molar-refractivity contribution in [2.24, 2.45) is 0 Å². The van der Waals surface area contributed by atoms with Crippen LogP contribution in [0.15, 0.2) is 53.0 Å². The van der Waals surface area contributed by atoms with Crippen molar-refractivity contribution in [1.82, 2.24) is 5.32 Å². The van der Waals surface area contributed by atoms with Crippen LogP contribution >= 0.6 is 15.9 Å². The zero-order valence-electron chi connectivity index (χ0n) is 11.6. The van der Waals surface area contributed by atoms with Crippen LogP contribution < -0.4 is 5.32 Å². The summed E-state index contributed by atoms with van der Waals surface area (Å²) in [7, 11) is 1.88. The molecule has 0 aliphatic heterocycles. The van der Waals surface area contributed by atoms with Gasteiger partial charge in [-0.05, 0) is 44.0 Å². The number of hydrogen-bond donors (Lipinski definition) is 1. The van der Waals surface area contributed by atoms with Crippen LogP contribution in [-0.4, -0.2) is 7.05 Å². The summed E-state index contributed by atoms with van der Waals surface area (Å²) < 4.78 is 14.7. The molecule has 0 saturated carbocycles. The van der Waals surface area contributed by atoms with Crippen LogP contribution in [0.4, 0.5) is 4.39 Å². The van der Waals surface area contributed by atoms with E-state index < -0.39 is 0 Å². The van der Waals surface area contributed by atoms with Crippen molar-refractivity contribution in [1.29, 1.82) is 0 Å². The van der Waals surface area contributed by atoms with Crippen molar-refractivity contribution in [3.63, 3.8) is 0 Å². The van der Waals surface area contributed by atoms with Gasteiger partial charge in [0, 0.05) is 16.1 Å². The molecule has 1 nitrogen and oxygen atoms in total. The van der Waals surface area contributed by atoms with E-state index in [0.29, 0.717) is 0 Å². The van der Waals surface area contributed by atoms with Crippen LogP contribution in [-0.2, 0) is 6.42 Å². The lowest BCUT2D eigenvalue weighted by Crippen LogP contribution is -2.17. The zero-order valence-corrected chi connectivity index (χ0v) is 13.2. The lowest BCUT2D eigenvalue weighted by atomic mass is 9.99. The first kappa shape index (κ1) is 15.2. The largest absolute Gasteiger partial charge is 0.313 e. The van der Waals surface area contributed by atoms with Crippen LogP contribution in [0.1, 0.15) is 30.0 Å². The van der Waals surface area contributed by atoms with Gasteiger partial charge in [-0.1, -0.05) is 52.3 Å². The smallest absolute Gasteiger partial charge is 0.129 e. The summed E-state index contributed by atoms with van der Waals surface area (Å²) in [5, 5.41) is 3.21. The molecule has 2 aromatic carbocycles. The molecule has 106 valence electrons. The minimum Gasteiger partial charge on any atom is -0.313 e. The average molecular weight is 336 g/mol. The maximum Gasteiger partial charge on any atom is 0.129 e. The molecule has 0 fully saturated rings. The highest BCUT2D eigenvalue weighted by atomic mass is 79.9. The summed E-state index contributed by atoms with van der Waals surface area (Å²) in [6, 6.07) is 15.7. The molecule has 20 heavy (non-hydrogen) atoms.